The predicted octanol–water partition coefficient (Wildman–Crippen LogP) is 1.15. The zero-order valence-electron chi connectivity index (χ0n) is 12.3. The Morgan fingerprint density at radius 3 is 2.76 bits per heavy atom. The van der Waals surface area contributed by atoms with Crippen LogP contribution in [0.25, 0.3) is 0 Å². The van der Waals surface area contributed by atoms with Gasteiger partial charge in [0, 0.05) is 43.2 Å². The highest BCUT2D eigenvalue weighted by Gasteiger charge is 2.61. The van der Waals surface area contributed by atoms with Crippen molar-refractivity contribution < 1.29 is 19.1 Å². The molecule has 3 heterocycles. The van der Waals surface area contributed by atoms with Gasteiger partial charge in [-0.1, -0.05) is 6.92 Å². The van der Waals surface area contributed by atoms with Crippen molar-refractivity contribution in [3.05, 3.63) is 0 Å². The highest BCUT2D eigenvalue weighted by atomic mass is 16.6. The molecule has 0 spiro atoms. The summed E-state index contributed by atoms with van der Waals surface area (Å²) in [5.74, 6) is 0.625. The quantitative estimate of drug-likeness (QED) is 0.680. The van der Waals surface area contributed by atoms with Gasteiger partial charge in [-0.2, -0.15) is 0 Å². The van der Waals surface area contributed by atoms with E-state index in [4.69, 9.17) is 4.74 Å². The van der Waals surface area contributed by atoms with Crippen LogP contribution in [0.3, 0.4) is 0 Å². The van der Waals surface area contributed by atoms with Crippen LogP contribution in [0.5, 0.6) is 0 Å². The topological polar surface area (TPSA) is 63.7 Å². The normalized spacial score (nSPS) is 45.2. The number of amides is 1. The summed E-state index contributed by atoms with van der Waals surface area (Å²) in [6.45, 7) is 2.80. The Morgan fingerprint density at radius 1 is 1.19 bits per heavy atom. The maximum Gasteiger partial charge on any atom is 0.306 e. The number of fused-ring (bicyclic) bond motifs is 2. The minimum absolute atomic E-state index is 0.0215. The number of hydrogen-bond acceptors (Lipinski definition) is 4. The highest BCUT2D eigenvalue weighted by molar-refractivity contribution is 5.90. The minimum atomic E-state index is -0.128. The lowest BCUT2D eigenvalue weighted by Crippen LogP contribution is -2.55. The van der Waals surface area contributed by atoms with Crippen molar-refractivity contribution in [2.24, 2.45) is 23.7 Å². The molecule has 1 amide bonds. The van der Waals surface area contributed by atoms with E-state index in [1.807, 2.05) is 4.90 Å². The number of ether oxygens (including phenoxy) is 1. The Bertz CT molecular complexity index is 516. The number of hydrogen-bond donors (Lipinski definition) is 0. The van der Waals surface area contributed by atoms with Crippen molar-refractivity contribution in [2.45, 2.75) is 51.2 Å². The molecule has 5 heteroatoms. The first-order chi connectivity index (χ1) is 10.1. The maximum atomic E-state index is 12.6. The summed E-state index contributed by atoms with van der Waals surface area (Å²) >= 11 is 0. The smallest absolute Gasteiger partial charge is 0.306 e. The second-order valence-electron chi connectivity index (χ2n) is 6.92. The fourth-order valence-corrected chi connectivity index (χ4v) is 5.37. The zero-order chi connectivity index (χ0) is 14.7. The number of carbonyl (C=O) groups excluding carboxylic acids is 3. The van der Waals surface area contributed by atoms with E-state index in [0.717, 1.165) is 19.4 Å². The lowest BCUT2D eigenvalue weighted by molar-refractivity contribution is -0.151. The number of rotatable bonds is 1. The van der Waals surface area contributed by atoms with Gasteiger partial charge in [-0.15, -0.1) is 0 Å². The summed E-state index contributed by atoms with van der Waals surface area (Å²) in [5.41, 5.74) is 0. The molecule has 1 saturated carbocycles. The van der Waals surface area contributed by atoms with E-state index in [0.29, 0.717) is 19.3 Å². The molecule has 21 heavy (non-hydrogen) atoms. The van der Waals surface area contributed by atoms with E-state index in [1.54, 1.807) is 0 Å². The SMILES string of the molecule is CC[C@H]1[C@H]2OC(=O)C[C@H]2[C@@H]2CCN3C(=O)CCC(=O)[C@H]1[C@H]23. The molecule has 1 aliphatic carbocycles. The van der Waals surface area contributed by atoms with Crippen LogP contribution in [0.15, 0.2) is 0 Å². The number of nitrogens with zero attached hydrogens (tertiary/aromatic N) is 1. The molecule has 0 aromatic heterocycles. The zero-order valence-corrected chi connectivity index (χ0v) is 12.3. The lowest BCUT2D eigenvalue weighted by Gasteiger charge is -2.46. The third kappa shape index (κ3) is 1.72. The van der Waals surface area contributed by atoms with Crippen LogP contribution < -0.4 is 0 Å². The van der Waals surface area contributed by atoms with Crippen LogP contribution in [0.1, 0.15) is 39.0 Å². The van der Waals surface area contributed by atoms with Crippen LogP contribution in [0, 0.1) is 23.7 Å². The fourth-order valence-electron chi connectivity index (χ4n) is 5.37. The molecule has 4 fully saturated rings. The average Bonchev–Trinajstić information content (AvgIpc) is 3.02. The Balaban J connectivity index is 1.79. The van der Waals surface area contributed by atoms with Crippen LogP contribution >= 0.6 is 0 Å². The van der Waals surface area contributed by atoms with Gasteiger partial charge < -0.3 is 9.64 Å². The summed E-state index contributed by atoms with van der Waals surface area (Å²) in [4.78, 5) is 38.7. The molecule has 4 rings (SSSR count). The minimum Gasteiger partial charge on any atom is -0.462 e. The fraction of sp³-hybridized carbons (Fsp3) is 0.812. The Labute approximate surface area is 124 Å². The van der Waals surface area contributed by atoms with Gasteiger partial charge in [0.05, 0.1) is 6.42 Å². The van der Waals surface area contributed by atoms with Gasteiger partial charge in [0.2, 0.25) is 5.91 Å². The van der Waals surface area contributed by atoms with E-state index < -0.39 is 0 Å². The van der Waals surface area contributed by atoms with Gasteiger partial charge in [0.25, 0.3) is 0 Å². The summed E-state index contributed by atoms with van der Waals surface area (Å²) in [7, 11) is 0. The summed E-state index contributed by atoms with van der Waals surface area (Å²) in [5, 5.41) is 0. The third-order valence-corrected chi connectivity index (χ3v) is 6.14. The predicted molar refractivity (Wildman–Crippen MR) is 73.1 cm³/mol. The van der Waals surface area contributed by atoms with Crippen molar-refractivity contribution in [1.82, 2.24) is 4.90 Å². The molecular weight excluding hydrogens is 270 g/mol. The first-order valence-electron chi connectivity index (χ1n) is 8.13. The van der Waals surface area contributed by atoms with E-state index in [2.05, 4.69) is 6.92 Å². The van der Waals surface area contributed by atoms with E-state index >= 15 is 0 Å². The van der Waals surface area contributed by atoms with Crippen LogP contribution in [0.2, 0.25) is 0 Å². The van der Waals surface area contributed by atoms with Crippen LogP contribution in [-0.2, 0) is 19.1 Å². The molecule has 0 aromatic carbocycles. The van der Waals surface area contributed by atoms with Gasteiger partial charge >= 0.3 is 5.97 Å². The molecule has 4 aliphatic rings. The van der Waals surface area contributed by atoms with E-state index in [1.165, 1.54) is 0 Å². The van der Waals surface area contributed by atoms with Crippen LogP contribution in [0.4, 0.5) is 0 Å². The van der Waals surface area contributed by atoms with Gasteiger partial charge in [0.15, 0.2) is 0 Å². The number of Topliss-reactive ketones (excluding diaryl/α,β-unsaturated/α-hetero) is 1. The molecule has 0 unspecified atom stereocenters. The second-order valence-corrected chi connectivity index (χ2v) is 6.92. The molecular formula is C16H21NO4. The monoisotopic (exact) mass is 291 g/mol. The third-order valence-electron chi connectivity index (χ3n) is 6.14. The molecule has 0 bridgehead atoms. The molecule has 114 valence electrons. The number of carbonyl (C=O) groups is 3. The Kier molecular flexibility index (Phi) is 2.88. The molecule has 3 saturated heterocycles. The highest BCUT2D eigenvalue weighted by Crippen LogP contribution is 2.53. The van der Waals surface area contributed by atoms with Gasteiger partial charge in [-0.05, 0) is 18.8 Å². The first-order valence-corrected chi connectivity index (χ1v) is 8.13. The summed E-state index contributed by atoms with van der Waals surface area (Å²) in [6, 6.07) is 0.0215. The Morgan fingerprint density at radius 2 is 2.00 bits per heavy atom. The van der Waals surface area contributed by atoms with Crippen molar-refractivity contribution >= 4 is 17.7 Å². The van der Waals surface area contributed by atoms with Crippen molar-refractivity contribution in [3.63, 3.8) is 0 Å². The Hall–Kier alpha value is -1.39. The standard InChI is InChI=1S/C16H21NO4/c1-2-8-14-11(18)3-4-12(19)17-6-5-9(15(14)17)10-7-13(20)21-16(8)10/h8-10,14-16H,2-7H2,1H3/t8-,9+,10+,14+,15+,16-/m1/s1. The largest absolute Gasteiger partial charge is 0.462 e. The van der Waals surface area contributed by atoms with Gasteiger partial charge in [0.1, 0.15) is 11.9 Å². The summed E-state index contributed by atoms with van der Waals surface area (Å²) in [6.07, 6.45) is 2.80. The molecule has 5 nitrogen and oxygen atoms in total. The van der Waals surface area contributed by atoms with Crippen molar-refractivity contribution in [3.8, 4) is 0 Å². The van der Waals surface area contributed by atoms with E-state index in [9.17, 15) is 14.4 Å². The molecule has 0 N–H and O–H groups in total. The van der Waals surface area contributed by atoms with Crippen LogP contribution in [-0.4, -0.2) is 41.3 Å². The maximum absolute atomic E-state index is 12.6. The van der Waals surface area contributed by atoms with Crippen molar-refractivity contribution in [2.75, 3.05) is 6.54 Å². The van der Waals surface area contributed by atoms with Gasteiger partial charge in [-0.3, -0.25) is 14.4 Å². The molecule has 0 radical (unpaired) electrons. The molecule has 6 atom stereocenters. The lowest BCUT2D eigenvalue weighted by atomic mass is 9.61. The second kappa shape index (κ2) is 4.55. The molecule has 3 aliphatic heterocycles. The first kappa shape index (κ1) is 13.3. The van der Waals surface area contributed by atoms with Crippen molar-refractivity contribution in [1.29, 1.82) is 0 Å². The van der Waals surface area contributed by atoms with E-state index in [-0.39, 0.29) is 53.5 Å². The van der Waals surface area contributed by atoms with Gasteiger partial charge in [-0.25, -0.2) is 0 Å². The average molecular weight is 291 g/mol. The number of ketones is 1. The summed E-state index contributed by atoms with van der Waals surface area (Å²) < 4.78 is 5.59. The number of esters is 1. The molecule has 0 aromatic rings.